The summed E-state index contributed by atoms with van der Waals surface area (Å²) in [6.07, 6.45) is 0. The highest BCUT2D eigenvalue weighted by Crippen LogP contribution is 2.64. The molecule has 12 aromatic rings. The maximum absolute atomic E-state index is 6.28. The number of rotatable bonds is 7. The fourth-order valence-electron chi connectivity index (χ4n) is 11.7. The standard InChI is InChI=1S/C67H44N2O/c1-3-19-45(20-4-1)46-21-17-23-49(41-46)53-27-8-13-33-62(53)68(51-26-18-22-47(42-51)48-37-40-66-57(43-48)56-29-9-16-36-65(56)70-66)52-38-39-55-54-28-7-10-30-58(54)67(61(55)44-52)59-31-11-14-34-63(59)69(50-24-5-2-6-25-50)64-35-15-12-32-60(64)67/h1-44H. The van der Waals surface area contributed by atoms with E-state index in [1.165, 1.54) is 55.9 Å². The molecule has 0 bridgehead atoms. The van der Waals surface area contributed by atoms with Gasteiger partial charge in [0, 0.05) is 33.4 Å². The average Bonchev–Trinajstić information content (AvgIpc) is 3.96. The summed E-state index contributed by atoms with van der Waals surface area (Å²) in [7, 11) is 0. The fraction of sp³-hybridized carbons (Fsp3) is 0.0149. The monoisotopic (exact) mass is 892 g/mol. The minimum absolute atomic E-state index is 0.611. The Balaban J connectivity index is 1.01. The highest BCUT2D eigenvalue weighted by molar-refractivity contribution is 6.06. The van der Waals surface area contributed by atoms with Gasteiger partial charge in [-0.2, -0.15) is 0 Å². The zero-order valence-corrected chi connectivity index (χ0v) is 38.2. The Labute approximate surface area is 407 Å². The third-order valence-electron chi connectivity index (χ3n) is 14.6. The molecular weight excluding hydrogens is 849 g/mol. The van der Waals surface area contributed by atoms with E-state index >= 15 is 0 Å². The van der Waals surface area contributed by atoms with Crippen LogP contribution in [0.2, 0.25) is 0 Å². The molecule has 1 spiro atoms. The zero-order valence-electron chi connectivity index (χ0n) is 38.2. The minimum atomic E-state index is -0.611. The summed E-state index contributed by atoms with van der Waals surface area (Å²) < 4.78 is 6.28. The Morgan fingerprint density at radius 3 is 1.67 bits per heavy atom. The second kappa shape index (κ2) is 16.0. The Hall–Kier alpha value is -9.18. The highest BCUT2D eigenvalue weighted by Gasteiger charge is 2.51. The third kappa shape index (κ3) is 6.08. The molecule has 70 heavy (non-hydrogen) atoms. The van der Waals surface area contributed by atoms with Gasteiger partial charge in [0.15, 0.2) is 0 Å². The van der Waals surface area contributed by atoms with Gasteiger partial charge in [-0.25, -0.2) is 0 Å². The number of para-hydroxylation sites is 5. The van der Waals surface area contributed by atoms with Crippen LogP contribution in [0.4, 0.5) is 34.1 Å². The van der Waals surface area contributed by atoms with Crippen LogP contribution in [0.1, 0.15) is 22.3 Å². The van der Waals surface area contributed by atoms with Gasteiger partial charge >= 0.3 is 0 Å². The lowest BCUT2D eigenvalue weighted by Gasteiger charge is -2.45. The quantitative estimate of drug-likeness (QED) is 0.159. The van der Waals surface area contributed by atoms with E-state index in [4.69, 9.17) is 4.42 Å². The second-order valence-corrected chi connectivity index (χ2v) is 18.4. The molecule has 2 heterocycles. The molecule has 1 aliphatic carbocycles. The summed E-state index contributed by atoms with van der Waals surface area (Å²) in [5, 5.41) is 2.23. The van der Waals surface area contributed by atoms with Crippen molar-refractivity contribution in [3.8, 4) is 44.5 Å². The van der Waals surface area contributed by atoms with Crippen LogP contribution in [0.5, 0.6) is 0 Å². The zero-order chi connectivity index (χ0) is 46.2. The number of nitrogens with zero attached hydrogens (tertiary/aromatic N) is 2. The fourth-order valence-corrected chi connectivity index (χ4v) is 11.7. The van der Waals surface area contributed by atoms with Crippen LogP contribution in [0.25, 0.3) is 66.4 Å². The lowest BCUT2D eigenvalue weighted by molar-refractivity contribution is 0.669. The van der Waals surface area contributed by atoms with Crippen molar-refractivity contribution in [3.05, 3.63) is 289 Å². The van der Waals surface area contributed by atoms with E-state index in [1.54, 1.807) is 0 Å². The molecule has 3 heteroatoms. The summed E-state index contributed by atoms with van der Waals surface area (Å²) in [6.45, 7) is 0. The van der Waals surface area contributed by atoms with E-state index in [-0.39, 0.29) is 0 Å². The topological polar surface area (TPSA) is 19.6 Å². The third-order valence-corrected chi connectivity index (χ3v) is 14.6. The Bertz CT molecular complexity index is 3930. The van der Waals surface area contributed by atoms with Crippen molar-refractivity contribution >= 4 is 56.1 Å². The van der Waals surface area contributed by atoms with Crippen molar-refractivity contribution in [2.45, 2.75) is 5.41 Å². The maximum atomic E-state index is 6.28. The number of hydrogen-bond donors (Lipinski definition) is 0. The van der Waals surface area contributed by atoms with Crippen molar-refractivity contribution in [2.75, 3.05) is 9.80 Å². The van der Waals surface area contributed by atoms with Crippen LogP contribution >= 0.6 is 0 Å². The van der Waals surface area contributed by atoms with Crippen molar-refractivity contribution in [1.29, 1.82) is 0 Å². The highest BCUT2D eigenvalue weighted by atomic mass is 16.3. The summed E-state index contributed by atoms with van der Waals surface area (Å²) in [5.41, 5.74) is 22.4. The lowest BCUT2D eigenvalue weighted by atomic mass is 9.64. The molecule has 0 saturated carbocycles. The van der Waals surface area contributed by atoms with Crippen molar-refractivity contribution < 1.29 is 4.42 Å². The van der Waals surface area contributed by atoms with Crippen LogP contribution in [0.3, 0.4) is 0 Å². The van der Waals surface area contributed by atoms with Crippen molar-refractivity contribution in [1.82, 2.24) is 0 Å². The smallest absolute Gasteiger partial charge is 0.135 e. The van der Waals surface area contributed by atoms with E-state index in [0.29, 0.717) is 0 Å². The Kier molecular flexibility index (Phi) is 9.11. The van der Waals surface area contributed by atoms with Gasteiger partial charge in [-0.1, -0.05) is 188 Å². The van der Waals surface area contributed by atoms with Gasteiger partial charge in [-0.15, -0.1) is 0 Å². The van der Waals surface area contributed by atoms with E-state index < -0.39 is 5.41 Å². The first-order valence-electron chi connectivity index (χ1n) is 24.1. The van der Waals surface area contributed by atoms with Gasteiger partial charge in [-0.05, 0) is 140 Å². The molecular formula is C67H44N2O. The molecule has 0 radical (unpaired) electrons. The number of hydrogen-bond acceptors (Lipinski definition) is 3. The van der Waals surface area contributed by atoms with Gasteiger partial charge < -0.3 is 14.2 Å². The van der Waals surface area contributed by atoms with E-state index in [1.807, 2.05) is 12.1 Å². The molecule has 0 saturated heterocycles. The minimum Gasteiger partial charge on any atom is -0.456 e. The van der Waals surface area contributed by atoms with E-state index in [9.17, 15) is 0 Å². The summed E-state index contributed by atoms with van der Waals surface area (Å²) in [6, 6.07) is 97.6. The summed E-state index contributed by atoms with van der Waals surface area (Å²) in [4.78, 5) is 4.93. The molecule has 1 aliphatic heterocycles. The number of fused-ring (bicyclic) bond motifs is 12. The van der Waals surface area contributed by atoms with Gasteiger partial charge in [0.05, 0.1) is 22.5 Å². The van der Waals surface area contributed by atoms with Crippen LogP contribution in [0, 0.1) is 0 Å². The lowest BCUT2D eigenvalue weighted by Crippen LogP contribution is -2.36. The summed E-state index contributed by atoms with van der Waals surface area (Å²) >= 11 is 0. The molecule has 0 N–H and O–H groups in total. The largest absolute Gasteiger partial charge is 0.456 e. The molecule has 1 aromatic heterocycles. The first-order valence-corrected chi connectivity index (χ1v) is 24.1. The Morgan fingerprint density at radius 2 is 0.871 bits per heavy atom. The molecule has 11 aromatic carbocycles. The second-order valence-electron chi connectivity index (χ2n) is 18.4. The molecule has 0 fully saturated rings. The number of anilines is 6. The van der Waals surface area contributed by atoms with Crippen molar-refractivity contribution in [3.63, 3.8) is 0 Å². The van der Waals surface area contributed by atoms with Crippen LogP contribution < -0.4 is 9.80 Å². The average molecular weight is 893 g/mol. The molecule has 328 valence electrons. The molecule has 2 aliphatic rings. The van der Waals surface area contributed by atoms with Gasteiger partial charge in [0.2, 0.25) is 0 Å². The SMILES string of the molecule is c1ccc(-c2cccc(-c3ccccc3N(c3cccc(-c4ccc5oc6ccccc6c5c4)c3)c3ccc4c(c3)C3(c5ccccc5-4)c4ccccc4N(c4ccccc4)c4ccccc43)c2)cc1. The molecule has 14 rings (SSSR count). The van der Waals surface area contributed by atoms with Crippen molar-refractivity contribution in [2.24, 2.45) is 0 Å². The number of furan rings is 1. The molecule has 0 amide bonds. The van der Waals surface area contributed by atoms with Gasteiger partial charge in [0.25, 0.3) is 0 Å². The van der Waals surface area contributed by atoms with E-state index in [0.717, 1.165) is 66.9 Å². The molecule has 0 unspecified atom stereocenters. The van der Waals surface area contributed by atoms with E-state index in [2.05, 4.69) is 265 Å². The van der Waals surface area contributed by atoms with Crippen LogP contribution in [0.15, 0.2) is 271 Å². The van der Waals surface area contributed by atoms with Crippen LogP contribution in [-0.2, 0) is 5.41 Å². The number of benzene rings is 11. The maximum Gasteiger partial charge on any atom is 0.135 e. The predicted molar refractivity (Wildman–Crippen MR) is 290 cm³/mol. The molecule has 3 nitrogen and oxygen atoms in total. The Morgan fingerprint density at radius 1 is 0.314 bits per heavy atom. The molecule has 0 atom stereocenters. The van der Waals surface area contributed by atoms with Gasteiger partial charge in [0.1, 0.15) is 11.2 Å². The normalized spacial score (nSPS) is 12.9. The van der Waals surface area contributed by atoms with Gasteiger partial charge in [-0.3, -0.25) is 0 Å². The van der Waals surface area contributed by atoms with Crippen LogP contribution in [-0.4, -0.2) is 0 Å². The predicted octanol–water partition coefficient (Wildman–Crippen LogP) is 18.2. The first-order chi connectivity index (χ1) is 34.7. The summed E-state index contributed by atoms with van der Waals surface area (Å²) in [5.74, 6) is 0. The first kappa shape index (κ1) is 39.9.